The molecule has 0 spiro atoms. The van der Waals surface area contributed by atoms with E-state index < -0.39 is 23.9 Å². The maximum atomic E-state index is 13.2. The molecule has 0 aromatic carbocycles. The third-order valence-corrected chi connectivity index (χ3v) is 2.14. The average molecular weight is 217 g/mol. The van der Waals surface area contributed by atoms with E-state index in [-0.39, 0.29) is 13.0 Å². The highest BCUT2D eigenvalue weighted by molar-refractivity contribution is 5.75. The van der Waals surface area contributed by atoms with Crippen LogP contribution in [0.3, 0.4) is 0 Å². The molecule has 1 fully saturated rings. The van der Waals surface area contributed by atoms with Gasteiger partial charge in [0.15, 0.2) is 0 Å². The molecule has 0 unspecified atom stereocenters. The Morgan fingerprint density at radius 3 is 2.60 bits per heavy atom. The zero-order chi connectivity index (χ0) is 11.6. The summed E-state index contributed by atoms with van der Waals surface area (Å²) in [6.07, 6.45) is -1.24. The van der Waals surface area contributed by atoms with Crippen molar-refractivity contribution in [3.05, 3.63) is 0 Å². The van der Waals surface area contributed by atoms with Crippen LogP contribution < -0.4 is 0 Å². The number of carbonyl (C=O) groups excluding carboxylic acids is 2. The van der Waals surface area contributed by atoms with E-state index in [4.69, 9.17) is 4.74 Å². The van der Waals surface area contributed by atoms with Crippen molar-refractivity contribution in [2.45, 2.75) is 45.0 Å². The standard InChI is InChI=1S/C10H16FNO3/c1-10(2,3)15-9(14)12-5-4-7(11)8(12)6-13/h6-8H,4-5H2,1-3H3/t7-,8-/m1/s1. The SMILES string of the molecule is CC(C)(C)OC(=O)N1CC[C@@H](F)[C@H]1C=O. The van der Waals surface area contributed by atoms with Crippen LogP contribution in [0.5, 0.6) is 0 Å². The molecule has 2 atom stereocenters. The number of ether oxygens (including phenoxy) is 1. The monoisotopic (exact) mass is 217 g/mol. The molecule has 5 heteroatoms. The highest BCUT2D eigenvalue weighted by Gasteiger charge is 2.39. The first-order valence-electron chi connectivity index (χ1n) is 4.94. The van der Waals surface area contributed by atoms with E-state index in [1.165, 1.54) is 0 Å². The first kappa shape index (κ1) is 11.9. The molecule has 0 bridgehead atoms. The van der Waals surface area contributed by atoms with E-state index >= 15 is 0 Å². The van der Waals surface area contributed by atoms with Crippen molar-refractivity contribution in [1.82, 2.24) is 4.90 Å². The van der Waals surface area contributed by atoms with Crippen molar-refractivity contribution in [2.75, 3.05) is 6.54 Å². The van der Waals surface area contributed by atoms with Gasteiger partial charge in [-0.25, -0.2) is 9.18 Å². The molecule has 1 aliphatic heterocycles. The van der Waals surface area contributed by atoms with Gasteiger partial charge in [0.25, 0.3) is 0 Å². The Balaban J connectivity index is 2.64. The molecule has 15 heavy (non-hydrogen) atoms. The maximum Gasteiger partial charge on any atom is 0.410 e. The Hall–Kier alpha value is -1.13. The topological polar surface area (TPSA) is 46.6 Å². The van der Waals surface area contributed by atoms with Crippen molar-refractivity contribution in [3.63, 3.8) is 0 Å². The molecule has 1 rings (SSSR count). The van der Waals surface area contributed by atoms with Crippen LogP contribution in [-0.2, 0) is 9.53 Å². The van der Waals surface area contributed by atoms with Gasteiger partial charge < -0.3 is 9.53 Å². The molecule has 0 N–H and O–H groups in total. The Labute approximate surface area is 88.4 Å². The molecule has 1 aliphatic rings. The summed E-state index contributed by atoms with van der Waals surface area (Å²) in [7, 11) is 0. The summed E-state index contributed by atoms with van der Waals surface area (Å²) in [6, 6.07) is -0.986. The van der Waals surface area contributed by atoms with E-state index in [0.29, 0.717) is 6.29 Å². The minimum atomic E-state index is -1.27. The van der Waals surface area contributed by atoms with Crippen LogP contribution in [0.25, 0.3) is 0 Å². The molecule has 0 aliphatic carbocycles. The van der Waals surface area contributed by atoms with Gasteiger partial charge in [-0.15, -0.1) is 0 Å². The summed E-state index contributed by atoms with van der Waals surface area (Å²) in [6.45, 7) is 5.41. The molecule has 4 nitrogen and oxygen atoms in total. The third kappa shape index (κ3) is 2.91. The summed E-state index contributed by atoms with van der Waals surface area (Å²) < 4.78 is 18.2. The van der Waals surface area contributed by atoms with Gasteiger partial charge in [0.1, 0.15) is 24.1 Å². The molecule has 1 amide bonds. The smallest absolute Gasteiger partial charge is 0.410 e. The summed E-state index contributed by atoms with van der Waals surface area (Å²) in [5.74, 6) is 0. The molecule has 0 radical (unpaired) electrons. The largest absolute Gasteiger partial charge is 0.444 e. The van der Waals surface area contributed by atoms with E-state index in [2.05, 4.69) is 0 Å². The van der Waals surface area contributed by atoms with Crippen molar-refractivity contribution in [1.29, 1.82) is 0 Å². The first-order valence-corrected chi connectivity index (χ1v) is 4.94. The predicted octanol–water partition coefficient (Wildman–Crippen LogP) is 1.53. The van der Waals surface area contributed by atoms with Crippen LogP contribution >= 0.6 is 0 Å². The van der Waals surface area contributed by atoms with Gasteiger partial charge in [-0.2, -0.15) is 0 Å². The molecule has 0 saturated carbocycles. The number of halogens is 1. The Morgan fingerprint density at radius 2 is 2.13 bits per heavy atom. The summed E-state index contributed by atoms with van der Waals surface area (Å²) in [5.41, 5.74) is -0.626. The van der Waals surface area contributed by atoms with Gasteiger partial charge in [0.05, 0.1) is 0 Å². The lowest BCUT2D eigenvalue weighted by atomic mass is 10.2. The van der Waals surface area contributed by atoms with Crippen LogP contribution in [0.15, 0.2) is 0 Å². The average Bonchev–Trinajstić information content (AvgIpc) is 2.43. The lowest BCUT2D eigenvalue weighted by Gasteiger charge is -2.26. The highest BCUT2D eigenvalue weighted by Crippen LogP contribution is 2.22. The lowest BCUT2D eigenvalue weighted by molar-refractivity contribution is -0.112. The Bertz CT molecular complexity index is 262. The normalized spacial score (nSPS) is 26.5. The van der Waals surface area contributed by atoms with E-state index in [1.54, 1.807) is 20.8 Å². The van der Waals surface area contributed by atoms with Gasteiger partial charge in [0.2, 0.25) is 0 Å². The van der Waals surface area contributed by atoms with E-state index in [1.807, 2.05) is 0 Å². The zero-order valence-electron chi connectivity index (χ0n) is 9.20. The Kier molecular flexibility index (Phi) is 3.31. The first-order chi connectivity index (χ1) is 6.85. The summed E-state index contributed by atoms with van der Waals surface area (Å²) in [4.78, 5) is 23.3. The molecule has 1 heterocycles. The van der Waals surface area contributed by atoms with Gasteiger partial charge in [-0.1, -0.05) is 0 Å². The van der Waals surface area contributed by atoms with Gasteiger partial charge >= 0.3 is 6.09 Å². The third-order valence-electron chi connectivity index (χ3n) is 2.14. The molecule has 1 saturated heterocycles. The number of rotatable bonds is 1. The van der Waals surface area contributed by atoms with Crippen molar-refractivity contribution in [2.24, 2.45) is 0 Å². The fraction of sp³-hybridized carbons (Fsp3) is 0.800. The molecule has 0 aromatic rings. The van der Waals surface area contributed by atoms with Gasteiger partial charge in [-0.05, 0) is 27.2 Å². The Morgan fingerprint density at radius 1 is 1.53 bits per heavy atom. The highest BCUT2D eigenvalue weighted by atomic mass is 19.1. The molecular weight excluding hydrogens is 201 g/mol. The van der Waals surface area contributed by atoms with Crippen LogP contribution in [0.2, 0.25) is 0 Å². The van der Waals surface area contributed by atoms with Crippen molar-refractivity contribution >= 4 is 12.4 Å². The predicted molar refractivity (Wildman–Crippen MR) is 52.3 cm³/mol. The fourth-order valence-electron chi connectivity index (χ4n) is 1.47. The number of hydrogen-bond acceptors (Lipinski definition) is 3. The van der Waals surface area contributed by atoms with Crippen molar-refractivity contribution in [3.8, 4) is 0 Å². The molecule has 86 valence electrons. The van der Waals surface area contributed by atoms with Crippen LogP contribution in [0, 0.1) is 0 Å². The van der Waals surface area contributed by atoms with E-state index in [0.717, 1.165) is 4.90 Å². The second kappa shape index (κ2) is 4.16. The number of amides is 1. The molecular formula is C10H16FNO3. The summed E-state index contributed by atoms with van der Waals surface area (Å²) in [5, 5.41) is 0. The van der Waals surface area contributed by atoms with E-state index in [9.17, 15) is 14.0 Å². The lowest BCUT2D eigenvalue weighted by Crippen LogP contribution is -2.42. The van der Waals surface area contributed by atoms with Crippen molar-refractivity contribution < 1.29 is 18.7 Å². The van der Waals surface area contributed by atoms with Crippen LogP contribution in [0.4, 0.5) is 9.18 Å². The zero-order valence-corrected chi connectivity index (χ0v) is 9.20. The molecule has 0 aromatic heterocycles. The minimum Gasteiger partial charge on any atom is -0.444 e. The van der Waals surface area contributed by atoms with Crippen LogP contribution in [-0.4, -0.2) is 41.6 Å². The van der Waals surface area contributed by atoms with Gasteiger partial charge in [0, 0.05) is 6.54 Å². The second-order valence-electron chi connectivity index (χ2n) is 4.61. The quantitative estimate of drug-likeness (QED) is 0.626. The number of nitrogens with zero attached hydrogens (tertiary/aromatic N) is 1. The number of hydrogen-bond donors (Lipinski definition) is 0. The minimum absolute atomic E-state index is 0.197. The second-order valence-corrected chi connectivity index (χ2v) is 4.61. The fourth-order valence-corrected chi connectivity index (χ4v) is 1.47. The number of likely N-dealkylation sites (tertiary alicyclic amines) is 1. The van der Waals surface area contributed by atoms with Gasteiger partial charge in [-0.3, -0.25) is 4.90 Å². The number of carbonyl (C=O) groups is 2. The number of alkyl halides is 1. The maximum absolute atomic E-state index is 13.2. The summed E-state index contributed by atoms with van der Waals surface area (Å²) >= 11 is 0. The number of aldehydes is 1. The van der Waals surface area contributed by atoms with Crippen LogP contribution in [0.1, 0.15) is 27.2 Å².